The maximum Gasteiger partial charge on any atom is 0.143 e. The number of anilines is 1. The number of hydrogen-bond donors (Lipinski definition) is 2. The van der Waals surface area contributed by atoms with E-state index in [1.807, 2.05) is 0 Å². The summed E-state index contributed by atoms with van der Waals surface area (Å²) in [7, 11) is 0. The lowest BCUT2D eigenvalue weighted by Crippen LogP contribution is -2.25. The highest BCUT2D eigenvalue weighted by atomic mass is 35.5. The molecule has 1 fully saturated rings. The molecule has 0 amide bonds. The van der Waals surface area contributed by atoms with Crippen molar-refractivity contribution in [2.75, 3.05) is 31.2 Å². The summed E-state index contributed by atoms with van der Waals surface area (Å²) in [5.41, 5.74) is 7.87. The lowest BCUT2D eigenvalue weighted by atomic mass is 10.0. The Hall–Kier alpha value is -2.11. The topological polar surface area (TPSA) is 98.5 Å². The minimum atomic E-state index is 0.171. The number of nitrogens with one attached hydrogen (secondary N) is 1. The largest absolute Gasteiger partial charge is 0.382 e. The van der Waals surface area contributed by atoms with Gasteiger partial charge in [0.15, 0.2) is 0 Å². The maximum absolute atomic E-state index is 9.94. The van der Waals surface area contributed by atoms with E-state index in [2.05, 4.69) is 16.0 Å². The van der Waals surface area contributed by atoms with Gasteiger partial charge in [0.2, 0.25) is 0 Å². The van der Waals surface area contributed by atoms with Crippen molar-refractivity contribution in [1.82, 2.24) is 0 Å². The molecule has 2 aromatic rings. The van der Waals surface area contributed by atoms with Crippen molar-refractivity contribution in [2.45, 2.75) is 6.42 Å². The van der Waals surface area contributed by atoms with Crippen LogP contribution in [0.1, 0.15) is 16.9 Å². The van der Waals surface area contributed by atoms with E-state index >= 15 is 0 Å². The molecule has 3 rings (SSSR count). The van der Waals surface area contributed by atoms with E-state index in [0.29, 0.717) is 51.4 Å². The van der Waals surface area contributed by atoms with Crippen LogP contribution >= 0.6 is 34.5 Å². The van der Waals surface area contributed by atoms with Crippen molar-refractivity contribution in [3.63, 3.8) is 0 Å². The summed E-state index contributed by atoms with van der Waals surface area (Å²) in [4.78, 5) is 6.65. The Bertz CT molecular complexity index is 927. The second kappa shape index (κ2) is 8.72. The predicted molar refractivity (Wildman–Crippen MR) is 112 cm³/mol. The fourth-order valence-electron chi connectivity index (χ4n) is 2.95. The highest BCUT2D eigenvalue weighted by Crippen LogP contribution is 2.44. The van der Waals surface area contributed by atoms with E-state index in [-0.39, 0.29) is 5.84 Å². The summed E-state index contributed by atoms with van der Waals surface area (Å²) in [5.74, 6) is 0.171. The molecule has 27 heavy (non-hydrogen) atoms. The third kappa shape index (κ3) is 4.09. The molecule has 6 nitrogen and oxygen atoms in total. The number of ether oxygens (including phenoxy) is 1. The number of nitriles is 1. The highest BCUT2D eigenvalue weighted by Gasteiger charge is 2.27. The number of rotatable bonds is 4. The van der Waals surface area contributed by atoms with Gasteiger partial charge in [-0.1, -0.05) is 29.3 Å². The molecule has 0 bridgehead atoms. The van der Waals surface area contributed by atoms with Gasteiger partial charge in [-0.15, -0.1) is 11.3 Å². The average molecular weight is 422 g/mol. The van der Waals surface area contributed by atoms with Crippen molar-refractivity contribution in [3.05, 3.63) is 38.7 Å². The Kier molecular flexibility index (Phi) is 6.34. The quantitative estimate of drug-likeness (QED) is 0.572. The van der Waals surface area contributed by atoms with Crippen LogP contribution in [0, 0.1) is 16.7 Å². The summed E-state index contributed by atoms with van der Waals surface area (Å²) in [5, 5.41) is 18.9. The van der Waals surface area contributed by atoms with E-state index < -0.39 is 0 Å². The molecule has 9 heteroatoms. The molecule has 0 unspecified atom stereocenters. The fourth-order valence-corrected chi connectivity index (χ4v) is 4.68. The van der Waals surface area contributed by atoms with Gasteiger partial charge in [-0.25, -0.2) is 4.99 Å². The third-order valence-corrected chi connectivity index (χ3v) is 5.97. The summed E-state index contributed by atoms with van der Waals surface area (Å²) in [6, 6.07) is 7.42. The molecule has 140 valence electrons. The summed E-state index contributed by atoms with van der Waals surface area (Å²) in [6.07, 6.45) is 1.76. The fraction of sp³-hybridized carbons (Fsp3) is 0.278. The standard InChI is InChI=1S/C18H17Cl2N5OS/c19-11-2-3-12(14(20)8-11)15-13(9-21)18(25-4-1-6-26-7-5-25)27-16(15)17(23)24-10-22/h2-3,8,10H,1,4-7H2,(H3,22,23,24). The number of hydrogen-bond acceptors (Lipinski definition) is 5. The summed E-state index contributed by atoms with van der Waals surface area (Å²) < 4.78 is 5.53. The molecule has 0 saturated carbocycles. The molecule has 0 radical (unpaired) electrons. The highest BCUT2D eigenvalue weighted by molar-refractivity contribution is 7.19. The molecule has 1 aromatic carbocycles. The SMILES string of the molecule is N#Cc1c(N2CCCOCC2)sc(C(N)=NC=N)c1-c1ccc(Cl)cc1Cl. The zero-order valence-electron chi connectivity index (χ0n) is 14.3. The van der Waals surface area contributed by atoms with Gasteiger partial charge in [0.1, 0.15) is 23.2 Å². The second-order valence-corrected chi connectivity index (χ2v) is 7.66. The van der Waals surface area contributed by atoms with Crippen LogP contribution in [-0.2, 0) is 4.74 Å². The molecule has 1 aliphatic rings. The lowest BCUT2D eigenvalue weighted by molar-refractivity contribution is 0.152. The molecular formula is C18H17Cl2N5OS. The smallest absolute Gasteiger partial charge is 0.143 e. The molecule has 0 spiro atoms. The number of halogens is 2. The Morgan fingerprint density at radius 1 is 1.37 bits per heavy atom. The average Bonchev–Trinajstić information content (AvgIpc) is 2.82. The van der Waals surface area contributed by atoms with Crippen LogP contribution in [0.15, 0.2) is 23.2 Å². The van der Waals surface area contributed by atoms with Crippen LogP contribution in [0.25, 0.3) is 11.1 Å². The lowest BCUT2D eigenvalue weighted by Gasteiger charge is -2.20. The van der Waals surface area contributed by atoms with Crippen LogP contribution in [0.3, 0.4) is 0 Å². The maximum atomic E-state index is 9.94. The van der Waals surface area contributed by atoms with Crippen molar-refractivity contribution < 1.29 is 4.74 Å². The Labute approximate surface area is 171 Å². The van der Waals surface area contributed by atoms with Crippen LogP contribution < -0.4 is 10.6 Å². The number of benzene rings is 1. The first-order valence-electron chi connectivity index (χ1n) is 8.24. The molecule has 1 aromatic heterocycles. The number of aliphatic imine (C=N–C) groups is 1. The number of amidine groups is 1. The first-order chi connectivity index (χ1) is 13.1. The van der Waals surface area contributed by atoms with Gasteiger partial charge in [0.05, 0.1) is 17.0 Å². The van der Waals surface area contributed by atoms with E-state index in [9.17, 15) is 5.26 Å². The van der Waals surface area contributed by atoms with Gasteiger partial charge < -0.3 is 15.4 Å². The molecule has 0 aliphatic carbocycles. The minimum Gasteiger partial charge on any atom is -0.382 e. The number of nitrogens with two attached hydrogens (primary N) is 1. The van der Waals surface area contributed by atoms with E-state index in [4.69, 9.17) is 39.1 Å². The molecule has 0 atom stereocenters. The molecule has 3 N–H and O–H groups in total. The Balaban J connectivity index is 2.24. The molecule has 1 saturated heterocycles. The Morgan fingerprint density at radius 3 is 2.89 bits per heavy atom. The molecule has 2 heterocycles. The zero-order chi connectivity index (χ0) is 19.4. The van der Waals surface area contributed by atoms with E-state index in [0.717, 1.165) is 24.3 Å². The first-order valence-corrected chi connectivity index (χ1v) is 9.81. The zero-order valence-corrected chi connectivity index (χ0v) is 16.7. The predicted octanol–water partition coefficient (Wildman–Crippen LogP) is 4.13. The third-order valence-electron chi connectivity index (χ3n) is 4.15. The van der Waals surface area contributed by atoms with Crippen molar-refractivity contribution in [1.29, 1.82) is 10.7 Å². The molecular weight excluding hydrogens is 405 g/mol. The molecule has 1 aliphatic heterocycles. The van der Waals surface area contributed by atoms with Gasteiger partial charge in [0.25, 0.3) is 0 Å². The van der Waals surface area contributed by atoms with E-state index in [1.54, 1.807) is 18.2 Å². The van der Waals surface area contributed by atoms with Gasteiger partial charge in [-0.05, 0) is 18.6 Å². The van der Waals surface area contributed by atoms with Crippen molar-refractivity contribution >= 4 is 51.7 Å². The Morgan fingerprint density at radius 2 is 2.19 bits per heavy atom. The van der Waals surface area contributed by atoms with Crippen LogP contribution in [0.5, 0.6) is 0 Å². The van der Waals surface area contributed by atoms with Gasteiger partial charge in [0, 0.05) is 40.9 Å². The summed E-state index contributed by atoms with van der Waals surface area (Å²) >= 11 is 13.8. The van der Waals surface area contributed by atoms with Crippen molar-refractivity contribution in [2.24, 2.45) is 10.7 Å². The first kappa shape index (κ1) is 19.6. The number of nitrogens with zero attached hydrogens (tertiary/aromatic N) is 3. The van der Waals surface area contributed by atoms with Crippen LogP contribution in [0.2, 0.25) is 10.0 Å². The minimum absolute atomic E-state index is 0.171. The van der Waals surface area contributed by atoms with Crippen LogP contribution in [-0.4, -0.2) is 38.5 Å². The van der Waals surface area contributed by atoms with Crippen LogP contribution in [0.4, 0.5) is 5.00 Å². The van der Waals surface area contributed by atoms with Gasteiger partial charge in [-0.3, -0.25) is 5.41 Å². The van der Waals surface area contributed by atoms with E-state index in [1.165, 1.54) is 11.3 Å². The van der Waals surface area contributed by atoms with Gasteiger partial charge >= 0.3 is 0 Å². The second-order valence-electron chi connectivity index (χ2n) is 5.82. The normalized spacial score (nSPS) is 15.3. The monoisotopic (exact) mass is 421 g/mol. The summed E-state index contributed by atoms with van der Waals surface area (Å²) in [6.45, 7) is 2.76. The van der Waals surface area contributed by atoms with Gasteiger partial charge in [-0.2, -0.15) is 5.26 Å². The number of thiophene rings is 1. The van der Waals surface area contributed by atoms with Crippen molar-refractivity contribution in [3.8, 4) is 17.2 Å².